The van der Waals surface area contributed by atoms with Crippen molar-refractivity contribution in [2.75, 3.05) is 6.54 Å². The van der Waals surface area contributed by atoms with Crippen molar-refractivity contribution in [3.63, 3.8) is 0 Å². The Morgan fingerprint density at radius 3 is 2.81 bits per heavy atom. The third-order valence-corrected chi connectivity index (χ3v) is 2.09. The molecule has 5 nitrogen and oxygen atoms in total. The largest absolute Gasteiger partial charge is 0.391 e. The lowest BCUT2D eigenvalue weighted by molar-refractivity contribution is 0.0865. The van der Waals surface area contributed by atoms with Crippen molar-refractivity contribution in [3.05, 3.63) is 17.5 Å². The van der Waals surface area contributed by atoms with Gasteiger partial charge < -0.3 is 14.9 Å². The summed E-state index contributed by atoms with van der Waals surface area (Å²) >= 11 is 0. The van der Waals surface area contributed by atoms with Crippen molar-refractivity contribution < 1.29 is 14.4 Å². The van der Waals surface area contributed by atoms with E-state index in [9.17, 15) is 9.90 Å². The third kappa shape index (κ3) is 4.02. The molecule has 1 amide bonds. The van der Waals surface area contributed by atoms with E-state index in [0.717, 1.165) is 0 Å². The van der Waals surface area contributed by atoms with Gasteiger partial charge in [0.1, 0.15) is 0 Å². The molecule has 16 heavy (non-hydrogen) atoms. The summed E-state index contributed by atoms with van der Waals surface area (Å²) in [6, 6.07) is 1.56. The molecule has 0 aliphatic rings. The van der Waals surface area contributed by atoms with Crippen LogP contribution in [-0.4, -0.2) is 28.8 Å². The highest BCUT2D eigenvalue weighted by molar-refractivity contribution is 5.91. The van der Waals surface area contributed by atoms with E-state index in [-0.39, 0.29) is 18.2 Å². The monoisotopic (exact) mass is 226 g/mol. The fourth-order valence-corrected chi connectivity index (χ4v) is 1.40. The molecule has 1 aromatic rings. The molecule has 0 saturated heterocycles. The molecule has 0 aliphatic carbocycles. The summed E-state index contributed by atoms with van der Waals surface area (Å²) in [5.41, 5.74) is 0.660. The van der Waals surface area contributed by atoms with E-state index in [2.05, 4.69) is 10.5 Å². The summed E-state index contributed by atoms with van der Waals surface area (Å²) in [6.45, 7) is 6.01. The maximum atomic E-state index is 11.5. The Kier molecular flexibility index (Phi) is 4.49. The summed E-state index contributed by atoms with van der Waals surface area (Å²) in [5, 5.41) is 15.8. The van der Waals surface area contributed by atoms with Crippen LogP contribution in [-0.2, 0) is 0 Å². The highest BCUT2D eigenvalue weighted by Crippen LogP contribution is 2.04. The zero-order valence-electron chi connectivity index (χ0n) is 9.86. The lowest BCUT2D eigenvalue weighted by Gasteiger charge is -2.12. The molecule has 1 heterocycles. The summed E-state index contributed by atoms with van der Waals surface area (Å²) in [4.78, 5) is 11.5. The minimum atomic E-state index is -0.520. The minimum absolute atomic E-state index is 0.175. The quantitative estimate of drug-likeness (QED) is 0.789. The predicted octanol–water partition coefficient (Wildman–Crippen LogP) is 1.12. The van der Waals surface area contributed by atoms with Gasteiger partial charge in [0, 0.05) is 12.6 Å². The molecule has 0 aliphatic heterocycles. The second-order valence-corrected chi connectivity index (χ2v) is 4.33. The Morgan fingerprint density at radius 1 is 1.62 bits per heavy atom. The Hall–Kier alpha value is -1.36. The van der Waals surface area contributed by atoms with Crippen LogP contribution in [0.25, 0.3) is 0 Å². The fraction of sp³-hybridized carbons (Fsp3) is 0.636. The van der Waals surface area contributed by atoms with Crippen molar-refractivity contribution in [1.82, 2.24) is 10.5 Å². The fourth-order valence-electron chi connectivity index (χ4n) is 1.40. The lowest BCUT2D eigenvalue weighted by Crippen LogP contribution is -2.32. The van der Waals surface area contributed by atoms with E-state index in [1.165, 1.54) is 0 Å². The molecule has 1 unspecified atom stereocenters. The first-order chi connectivity index (χ1) is 7.49. The number of hydrogen-bond acceptors (Lipinski definition) is 4. The Morgan fingerprint density at radius 2 is 2.31 bits per heavy atom. The zero-order valence-corrected chi connectivity index (χ0v) is 9.86. The van der Waals surface area contributed by atoms with Crippen molar-refractivity contribution in [1.29, 1.82) is 0 Å². The molecule has 5 heteroatoms. The summed E-state index contributed by atoms with van der Waals surface area (Å²) in [7, 11) is 0. The van der Waals surface area contributed by atoms with Crippen LogP contribution in [0.1, 0.15) is 36.5 Å². The SMILES string of the molecule is Cc1cc(C(=O)NCC(O)CC(C)C)on1. The van der Waals surface area contributed by atoms with E-state index in [1.807, 2.05) is 13.8 Å². The van der Waals surface area contributed by atoms with Crippen LogP contribution in [0.5, 0.6) is 0 Å². The van der Waals surface area contributed by atoms with Crippen LogP contribution in [0.15, 0.2) is 10.6 Å². The smallest absolute Gasteiger partial charge is 0.289 e. The average Bonchev–Trinajstić information content (AvgIpc) is 2.60. The van der Waals surface area contributed by atoms with Crippen LogP contribution >= 0.6 is 0 Å². The van der Waals surface area contributed by atoms with E-state index in [4.69, 9.17) is 4.52 Å². The maximum absolute atomic E-state index is 11.5. The number of aromatic nitrogens is 1. The number of aryl methyl sites for hydroxylation is 1. The van der Waals surface area contributed by atoms with Gasteiger partial charge in [0.25, 0.3) is 5.91 Å². The number of hydrogen-bond donors (Lipinski definition) is 2. The maximum Gasteiger partial charge on any atom is 0.289 e. The third-order valence-electron chi connectivity index (χ3n) is 2.09. The molecule has 0 fully saturated rings. The number of nitrogens with zero attached hydrogens (tertiary/aromatic N) is 1. The number of rotatable bonds is 5. The van der Waals surface area contributed by atoms with Crippen LogP contribution < -0.4 is 5.32 Å². The van der Waals surface area contributed by atoms with Gasteiger partial charge in [0.05, 0.1) is 11.8 Å². The highest BCUT2D eigenvalue weighted by atomic mass is 16.5. The van der Waals surface area contributed by atoms with Crippen LogP contribution in [0.3, 0.4) is 0 Å². The number of amides is 1. The molecule has 1 atom stereocenters. The lowest BCUT2D eigenvalue weighted by atomic mass is 10.1. The molecular formula is C11H18N2O3. The van der Waals surface area contributed by atoms with Gasteiger partial charge in [0.2, 0.25) is 5.76 Å². The summed E-state index contributed by atoms with van der Waals surface area (Å²) in [5.74, 6) is 0.233. The first-order valence-electron chi connectivity index (χ1n) is 5.38. The van der Waals surface area contributed by atoms with Gasteiger partial charge in [-0.15, -0.1) is 0 Å². The number of aliphatic hydroxyl groups excluding tert-OH is 1. The normalized spacial score (nSPS) is 12.8. The van der Waals surface area contributed by atoms with Gasteiger partial charge in [-0.2, -0.15) is 0 Å². The van der Waals surface area contributed by atoms with E-state index < -0.39 is 6.10 Å². The van der Waals surface area contributed by atoms with Gasteiger partial charge in [-0.25, -0.2) is 0 Å². The molecule has 1 aromatic heterocycles. The first kappa shape index (κ1) is 12.7. The second kappa shape index (κ2) is 5.65. The zero-order chi connectivity index (χ0) is 12.1. The molecule has 1 rings (SSSR count). The number of nitrogens with one attached hydrogen (secondary N) is 1. The molecule has 2 N–H and O–H groups in total. The highest BCUT2D eigenvalue weighted by Gasteiger charge is 2.13. The molecular weight excluding hydrogens is 208 g/mol. The van der Waals surface area contributed by atoms with Crippen molar-refractivity contribution in [3.8, 4) is 0 Å². The first-order valence-corrected chi connectivity index (χ1v) is 5.38. The van der Waals surface area contributed by atoms with Gasteiger partial charge in [-0.05, 0) is 19.3 Å². The van der Waals surface area contributed by atoms with Crippen molar-refractivity contribution in [2.24, 2.45) is 5.92 Å². The number of aliphatic hydroxyl groups is 1. The Labute approximate surface area is 94.8 Å². The van der Waals surface area contributed by atoms with Crippen molar-refractivity contribution in [2.45, 2.75) is 33.3 Å². The van der Waals surface area contributed by atoms with Gasteiger partial charge in [-0.1, -0.05) is 19.0 Å². The Balaban J connectivity index is 2.35. The molecule has 0 spiro atoms. The topological polar surface area (TPSA) is 75.4 Å². The van der Waals surface area contributed by atoms with Gasteiger partial charge in [0.15, 0.2) is 0 Å². The van der Waals surface area contributed by atoms with E-state index in [0.29, 0.717) is 18.0 Å². The van der Waals surface area contributed by atoms with E-state index >= 15 is 0 Å². The molecule has 0 saturated carbocycles. The minimum Gasteiger partial charge on any atom is -0.391 e. The summed E-state index contributed by atoms with van der Waals surface area (Å²) < 4.78 is 4.80. The second-order valence-electron chi connectivity index (χ2n) is 4.33. The van der Waals surface area contributed by atoms with Crippen molar-refractivity contribution >= 4 is 5.91 Å². The van der Waals surface area contributed by atoms with Crippen LogP contribution in [0.4, 0.5) is 0 Å². The molecule has 90 valence electrons. The average molecular weight is 226 g/mol. The number of carbonyl (C=O) groups excluding carboxylic acids is 1. The molecule has 0 aromatic carbocycles. The van der Waals surface area contributed by atoms with Gasteiger partial charge >= 0.3 is 0 Å². The van der Waals surface area contributed by atoms with Crippen LogP contribution in [0.2, 0.25) is 0 Å². The standard InChI is InChI=1S/C11H18N2O3/c1-7(2)4-9(14)6-12-11(15)10-5-8(3)13-16-10/h5,7,9,14H,4,6H2,1-3H3,(H,12,15). The Bertz CT molecular complexity index is 347. The number of carbonyl (C=O) groups is 1. The molecule has 0 bridgehead atoms. The summed E-state index contributed by atoms with van der Waals surface area (Å²) in [6.07, 6.45) is 0.142. The van der Waals surface area contributed by atoms with Gasteiger partial charge in [-0.3, -0.25) is 4.79 Å². The predicted molar refractivity (Wildman–Crippen MR) is 59.0 cm³/mol. The van der Waals surface area contributed by atoms with E-state index in [1.54, 1.807) is 13.0 Å². The van der Waals surface area contributed by atoms with Crippen LogP contribution in [0, 0.1) is 12.8 Å². The molecule has 0 radical (unpaired) electrons.